The van der Waals surface area contributed by atoms with E-state index in [2.05, 4.69) is 0 Å². The summed E-state index contributed by atoms with van der Waals surface area (Å²) in [6.07, 6.45) is -0.558. The van der Waals surface area contributed by atoms with Crippen LogP contribution in [0.4, 0.5) is 0 Å². The summed E-state index contributed by atoms with van der Waals surface area (Å²) in [5.74, 6) is -1.45. The van der Waals surface area contributed by atoms with Crippen molar-refractivity contribution in [1.82, 2.24) is 0 Å². The number of ether oxygens (including phenoxy) is 2. The van der Waals surface area contributed by atoms with Crippen LogP contribution in [0.2, 0.25) is 0 Å². The van der Waals surface area contributed by atoms with Crippen LogP contribution in [0.15, 0.2) is 29.3 Å². The first-order valence-corrected chi connectivity index (χ1v) is 8.03. The lowest BCUT2D eigenvalue weighted by atomic mass is 9.76. The molecule has 3 atom stereocenters. The molecule has 0 aromatic heterocycles. The van der Waals surface area contributed by atoms with Crippen molar-refractivity contribution in [3.8, 4) is 5.75 Å². The Bertz CT molecular complexity index is 806. The Morgan fingerprint density at radius 3 is 2.71 bits per heavy atom. The monoisotopic (exact) mass is 328 g/mol. The van der Waals surface area contributed by atoms with Gasteiger partial charge < -0.3 is 14.6 Å². The molecular formula is C18H16O6. The summed E-state index contributed by atoms with van der Waals surface area (Å²) in [5, 5.41) is 10.1. The topological polar surface area (TPSA) is 89.9 Å². The number of rotatable bonds is 2. The van der Waals surface area contributed by atoms with Gasteiger partial charge in [-0.2, -0.15) is 0 Å². The fourth-order valence-corrected chi connectivity index (χ4v) is 3.75. The minimum absolute atomic E-state index is 0.00808. The summed E-state index contributed by atoms with van der Waals surface area (Å²) in [7, 11) is 0. The number of carbonyl (C=O) groups is 3. The number of Topliss-reactive ketones (excluding diaryl/α,β-unsaturated/α-hetero) is 2. The molecular weight excluding hydrogens is 312 g/mol. The Morgan fingerprint density at radius 2 is 1.96 bits per heavy atom. The van der Waals surface area contributed by atoms with Gasteiger partial charge in [0.2, 0.25) is 0 Å². The summed E-state index contributed by atoms with van der Waals surface area (Å²) in [4.78, 5) is 37.6. The zero-order valence-electron chi connectivity index (χ0n) is 13.1. The number of hydrogen-bond donors (Lipinski definition) is 1. The van der Waals surface area contributed by atoms with Crippen LogP contribution >= 0.6 is 0 Å². The first kappa shape index (κ1) is 15.1. The Kier molecular flexibility index (Phi) is 3.31. The van der Waals surface area contributed by atoms with E-state index in [1.54, 1.807) is 0 Å². The number of fused-ring (bicyclic) bond motifs is 3. The van der Waals surface area contributed by atoms with Gasteiger partial charge in [0, 0.05) is 11.1 Å². The molecule has 24 heavy (non-hydrogen) atoms. The van der Waals surface area contributed by atoms with Crippen LogP contribution in [0.1, 0.15) is 46.9 Å². The summed E-state index contributed by atoms with van der Waals surface area (Å²) in [6, 6.07) is 4.41. The zero-order chi connectivity index (χ0) is 17.0. The third kappa shape index (κ3) is 1.96. The molecule has 0 radical (unpaired) electrons. The average molecular weight is 328 g/mol. The number of phenols is 1. The molecule has 124 valence electrons. The zero-order valence-corrected chi connectivity index (χ0v) is 13.1. The smallest absolute Gasteiger partial charge is 0.309 e. The second-order valence-corrected chi connectivity index (χ2v) is 6.25. The third-order valence-corrected chi connectivity index (χ3v) is 4.75. The van der Waals surface area contributed by atoms with Crippen molar-refractivity contribution >= 4 is 17.5 Å². The Balaban J connectivity index is 1.92. The van der Waals surface area contributed by atoms with Crippen LogP contribution in [-0.2, 0) is 14.3 Å². The molecule has 0 spiro atoms. The van der Waals surface area contributed by atoms with E-state index in [1.807, 2.05) is 6.92 Å². The lowest BCUT2D eigenvalue weighted by molar-refractivity contribution is -0.140. The molecule has 1 aromatic rings. The van der Waals surface area contributed by atoms with Gasteiger partial charge >= 0.3 is 5.97 Å². The molecule has 2 heterocycles. The van der Waals surface area contributed by atoms with Gasteiger partial charge in [0.15, 0.2) is 17.7 Å². The van der Waals surface area contributed by atoms with E-state index in [0.717, 1.165) is 6.42 Å². The normalized spacial score (nSPS) is 28.4. The summed E-state index contributed by atoms with van der Waals surface area (Å²) < 4.78 is 11.2. The Morgan fingerprint density at radius 1 is 1.17 bits per heavy atom. The van der Waals surface area contributed by atoms with Crippen LogP contribution < -0.4 is 0 Å². The van der Waals surface area contributed by atoms with E-state index in [4.69, 9.17) is 9.47 Å². The maximum absolute atomic E-state index is 13.0. The predicted octanol–water partition coefficient (Wildman–Crippen LogP) is 1.95. The molecule has 1 aliphatic carbocycles. The number of ketones is 2. The SMILES string of the molecule is CCC[C@H]1OC2CC(=O)OC2C2=C1C(=O)c1c(O)cccc1C2=O. The molecule has 1 saturated heterocycles. The predicted molar refractivity (Wildman–Crippen MR) is 81.9 cm³/mol. The van der Waals surface area contributed by atoms with E-state index < -0.39 is 30.1 Å². The van der Waals surface area contributed by atoms with Gasteiger partial charge in [-0.25, -0.2) is 0 Å². The Hall–Kier alpha value is -2.47. The Labute approximate surface area is 138 Å². The number of carbonyl (C=O) groups excluding carboxylic acids is 3. The molecule has 3 aliphatic rings. The second kappa shape index (κ2) is 5.27. The fraction of sp³-hybridized carbons (Fsp3) is 0.389. The minimum atomic E-state index is -0.840. The van der Waals surface area contributed by atoms with Crippen LogP contribution in [0.25, 0.3) is 0 Å². The van der Waals surface area contributed by atoms with Crippen molar-refractivity contribution in [3.05, 3.63) is 40.5 Å². The second-order valence-electron chi connectivity index (χ2n) is 6.25. The van der Waals surface area contributed by atoms with Gasteiger partial charge in [-0.3, -0.25) is 14.4 Å². The highest BCUT2D eigenvalue weighted by molar-refractivity contribution is 6.29. The average Bonchev–Trinajstić information content (AvgIpc) is 2.91. The lowest BCUT2D eigenvalue weighted by Crippen LogP contribution is -2.45. The molecule has 2 unspecified atom stereocenters. The number of esters is 1. The fourth-order valence-electron chi connectivity index (χ4n) is 3.75. The van der Waals surface area contributed by atoms with Gasteiger partial charge in [-0.1, -0.05) is 25.5 Å². The van der Waals surface area contributed by atoms with Gasteiger partial charge in [0.05, 0.1) is 23.7 Å². The third-order valence-electron chi connectivity index (χ3n) is 4.75. The molecule has 1 aromatic carbocycles. The molecule has 1 fully saturated rings. The van der Waals surface area contributed by atoms with Crippen molar-refractivity contribution in [2.45, 2.75) is 44.5 Å². The van der Waals surface area contributed by atoms with Crippen LogP contribution in [0.3, 0.4) is 0 Å². The molecule has 1 N–H and O–H groups in total. The van der Waals surface area contributed by atoms with Gasteiger partial charge in [0.1, 0.15) is 11.9 Å². The van der Waals surface area contributed by atoms with E-state index in [1.165, 1.54) is 18.2 Å². The first-order chi connectivity index (χ1) is 11.5. The maximum atomic E-state index is 13.0. The molecule has 0 saturated carbocycles. The van der Waals surface area contributed by atoms with Crippen LogP contribution in [-0.4, -0.2) is 41.0 Å². The van der Waals surface area contributed by atoms with Gasteiger partial charge in [-0.05, 0) is 12.5 Å². The van der Waals surface area contributed by atoms with E-state index in [9.17, 15) is 19.5 Å². The minimum Gasteiger partial charge on any atom is -0.507 e. The van der Waals surface area contributed by atoms with E-state index in [-0.39, 0.29) is 40.2 Å². The van der Waals surface area contributed by atoms with Crippen molar-refractivity contribution in [3.63, 3.8) is 0 Å². The molecule has 4 rings (SSSR count). The summed E-state index contributed by atoms with van der Waals surface area (Å²) in [5.41, 5.74) is 0.608. The molecule has 0 amide bonds. The summed E-state index contributed by atoms with van der Waals surface area (Å²) in [6.45, 7) is 1.95. The van der Waals surface area contributed by atoms with Crippen LogP contribution in [0.5, 0.6) is 5.75 Å². The highest BCUT2D eigenvalue weighted by Gasteiger charge is 2.51. The standard InChI is InChI=1S/C18H16O6/c1-2-4-10-14-15(18-11(23-10)7-12(20)24-18)16(21)8-5-3-6-9(19)13(8)17(14)22/h3,5-6,10-11,18-19H,2,4,7H2,1H3/t10-,11?,18?/m1/s1. The van der Waals surface area contributed by atoms with Gasteiger partial charge in [-0.15, -0.1) is 0 Å². The van der Waals surface area contributed by atoms with Crippen molar-refractivity contribution in [2.24, 2.45) is 0 Å². The van der Waals surface area contributed by atoms with E-state index in [0.29, 0.717) is 6.42 Å². The number of benzene rings is 1. The first-order valence-electron chi connectivity index (χ1n) is 8.03. The number of phenolic OH excluding ortho intramolecular Hbond substituents is 1. The maximum Gasteiger partial charge on any atom is 0.309 e. The highest BCUT2D eigenvalue weighted by atomic mass is 16.6. The van der Waals surface area contributed by atoms with Crippen LogP contribution in [0, 0.1) is 0 Å². The van der Waals surface area contributed by atoms with Crippen molar-refractivity contribution in [2.75, 3.05) is 0 Å². The molecule has 2 aliphatic heterocycles. The molecule has 0 bridgehead atoms. The quantitative estimate of drug-likeness (QED) is 0.835. The number of aromatic hydroxyl groups is 1. The van der Waals surface area contributed by atoms with E-state index >= 15 is 0 Å². The molecule has 6 heteroatoms. The van der Waals surface area contributed by atoms with Crippen molar-refractivity contribution < 1.29 is 29.0 Å². The van der Waals surface area contributed by atoms with Crippen molar-refractivity contribution in [1.29, 1.82) is 0 Å². The lowest BCUT2D eigenvalue weighted by Gasteiger charge is -2.36. The highest BCUT2D eigenvalue weighted by Crippen LogP contribution is 2.43. The summed E-state index contributed by atoms with van der Waals surface area (Å²) >= 11 is 0. The molecule has 6 nitrogen and oxygen atoms in total. The van der Waals surface area contributed by atoms with Gasteiger partial charge in [0.25, 0.3) is 0 Å². The number of hydrogen-bond acceptors (Lipinski definition) is 6. The largest absolute Gasteiger partial charge is 0.507 e.